The lowest BCUT2D eigenvalue weighted by atomic mass is 9.72. The van der Waals surface area contributed by atoms with Crippen molar-refractivity contribution in [3.05, 3.63) is 36.4 Å². The number of benzene rings is 1. The van der Waals surface area contributed by atoms with Gasteiger partial charge in [0.15, 0.2) is 0 Å². The molecule has 0 amide bonds. The van der Waals surface area contributed by atoms with Crippen LogP contribution in [0.15, 0.2) is 36.4 Å². The molecule has 0 aromatic heterocycles. The van der Waals surface area contributed by atoms with E-state index in [9.17, 15) is 14.7 Å². The fourth-order valence-corrected chi connectivity index (χ4v) is 5.30. The van der Waals surface area contributed by atoms with Crippen molar-refractivity contribution in [2.24, 2.45) is 35.5 Å². The standard InChI is InChI=1S/C18H16O4/c19-8-1-3-9(4-2-8)22-13-7-12-14-10-5-6-11(17(10)20)15(14)16(13)18(12)21/h1-6,10-16,19H,7H2. The second-order valence-electron chi connectivity index (χ2n) is 6.91. The van der Waals surface area contributed by atoms with Crippen molar-refractivity contribution >= 4 is 11.6 Å². The van der Waals surface area contributed by atoms with Crippen molar-refractivity contribution in [2.45, 2.75) is 12.5 Å². The van der Waals surface area contributed by atoms with Gasteiger partial charge in [0.1, 0.15) is 29.2 Å². The lowest BCUT2D eigenvalue weighted by Gasteiger charge is -2.34. The second kappa shape index (κ2) is 4.00. The highest BCUT2D eigenvalue weighted by molar-refractivity contribution is 5.99. The largest absolute Gasteiger partial charge is 0.508 e. The molecule has 7 unspecified atom stereocenters. The van der Waals surface area contributed by atoms with Crippen LogP contribution >= 0.6 is 0 Å². The van der Waals surface area contributed by atoms with Crippen LogP contribution in [0.25, 0.3) is 0 Å². The van der Waals surface area contributed by atoms with Crippen LogP contribution < -0.4 is 4.74 Å². The fraction of sp³-hybridized carbons (Fsp3) is 0.444. The molecular formula is C18H16O4. The third-order valence-electron chi connectivity index (χ3n) is 6.04. The molecule has 112 valence electrons. The van der Waals surface area contributed by atoms with E-state index in [0.717, 1.165) is 6.42 Å². The molecule has 3 saturated carbocycles. The summed E-state index contributed by atoms with van der Waals surface area (Å²) in [5.41, 5.74) is 0. The number of rotatable bonds is 2. The van der Waals surface area contributed by atoms with Crippen molar-refractivity contribution in [2.75, 3.05) is 0 Å². The maximum absolute atomic E-state index is 12.6. The molecule has 0 saturated heterocycles. The lowest BCUT2D eigenvalue weighted by Crippen LogP contribution is -2.37. The molecule has 1 N–H and O–H groups in total. The van der Waals surface area contributed by atoms with Crippen LogP contribution in [0.3, 0.4) is 0 Å². The minimum atomic E-state index is -0.146. The molecule has 4 bridgehead atoms. The quantitative estimate of drug-likeness (QED) is 0.669. The van der Waals surface area contributed by atoms with E-state index in [-0.39, 0.29) is 47.4 Å². The second-order valence-corrected chi connectivity index (χ2v) is 6.91. The Bertz CT molecular complexity index is 704. The highest BCUT2D eigenvalue weighted by atomic mass is 16.5. The summed E-state index contributed by atoms with van der Waals surface area (Å²) in [6.45, 7) is 0. The average molecular weight is 296 g/mol. The number of fused-ring (bicyclic) bond motifs is 9. The highest BCUT2D eigenvalue weighted by Crippen LogP contribution is 2.62. The summed E-state index contributed by atoms with van der Waals surface area (Å²) in [5, 5.41) is 9.33. The number of hydrogen-bond acceptors (Lipinski definition) is 4. The molecule has 7 atom stereocenters. The molecule has 4 heteroatoms. The van der Waals surface area contributed by atoms with Gasteiger partial charge in [-0.2, -0.15) is 0 Å². The van der Waals surface area contributed by atoms with Crippen molar-refractivity contribution < 1.29 is 19.4 Å². The molecule has 0 radical (unpaired) electrons. The van der Waals surface area contributed by atoms with E-state index >= 15 is 0 Å². The highest BCUT2D eigenvalue weighted by Gasteiger charge is 2.69. The van der Waals surface area contributed by atoms with Gasteiger partial charge in [-0.05, 0) is 42.5 Å². The van der Waals surface area contributed by atoms with Crippen molar-refractivity contribution in [1.29, 1.82) is 0 Å². The predicted octanol–water partition coefficient (Wildman–Crippen LogP) is 1.98. The summed E-state index contributed by atoms with van der Waals surface area (Å²) in [5.74, 6) is 1.59. The Morgan fingerprint density at radius 3 is 2.36 bits per heavy atom. The third kappa shape index (κ3) is 1.38. The summed E-state index contributed by atoms with van der Waals surface area (Å²) in [6.07, 6.45) is 4.59. The summed E-state index contributed by atoms with van der Waals surface area (Å²) in [7, 11) is 0. The van der Waals surface area contributed by atoms with Gasteiger partial charge in [0.2, 0.25) is 0 Å². The van der Waals surface area contributed by atoms with Crippen LogP contribution in [-0.4, -0.2) is 22.8 Å². The van der Waals surface area contributed by atoms with Gasteiger partial charge in [-0.25, -0.2) is 0 Å². The molecule has 22 heavy (non-hydrogen) atoms. The molecule has 4 aliphatic carbocycles. The van der Waals surface area contributed by atoms with Gasteiger partial charge in [-0.3, -0.25) is 9.59 Å². The Morgan fingerprint density at radius 1 is 0.955 bits per heavy atom. The fourth-order valence-electron chi connectivity index (χ4n) is 5.30. The minimum Gasteiger partial charge on any atom is -0.508 e. The van der Waals surface area contributed by atoms with Crippen LogP contribution in [-0.2, 0) is 9.59 Å². The van der Waals surface area contributed by atoms with E-state index in [2.05, 4.69) is 0 Å². The molecule has 0 heterocycles. The van der Waals surface area contributed by atoms with Crippen LogP contribution in [0.2, 0.25) is 0 Å². The number of Topliss-reactive ketones (excluding diaryl/α,β-unsaturated/α-hetero) is 2. The van der Waals surface area contributed by atoms with E-state index in [4.69, 9.17) is 4.74 Å². The molecule has 0 aliphatic heterocycles. The normalized spacial score (nSPS) is 43.9. The number of carbonyl (C=O) groups is 2. The number of aromatic hydroxyl groups is 1. The minimum absolute atomic E-state index is 0.0129. The maximum Gasteiger partial charge on any atom is 0.147 e. The zero-order chi connectivity index (χ0) is 15.0. The first-order chi connectivity index (χ1) is 10.6. The van der Waals surface area contributed by atoms with Gasteiger partial charge in [0.25, 0.3) is 0 Å². The number of allylic oxidation sites excluding steroid dienone is 2. The van der Waals surface area contributed by atoms with Gasteiger partial charge in [0.05, 0.1) is 5.92 Å². The first-order valence-corrected chi connectivity index (χ1v) is 7.86. The smallest absolute Gasteiger partial charge is 0.147 e. The number of ether oxygens (including phenoxy) is 1. The van der Waals surface area contributed by atoms with Crippen molar-refractivity contribution in [3.63, 3.8) is 0 Å². The molecule has 1 aromatic rings. The Labute approximate surface area is 127 Å². The Balaban J connectivity index is 1.45. The molecular weight excluding hydrogens is 280 g/mol. The lowest BCUT2D eigenvalue weighted by molar-refractivity contribution is -0.125. The number of phenolic OH excluding ortho intramolecular Hbond substituents is 1. The molecule has 4 aliphatic rings. The topological polar surface area (TPSA) is 63.6 Å². The number of ketones is 2. The van der Waals surface area contributed by atoms with Gasteiger partial charge >= 0.3 is 0 Å². The SMILES string of the molecule is O=C1C2C=CC1C1C3C(=O)C(CC3Oc3ccc(O)cc3)C21. The Morgan fingerprint density at radius 2 is 1.64 bits per heavy atom. The van der Waals surface area contributed by atoms with Gasteiger partial charge in [-0.15, -0.1) is 0 Å². The zero-order valence-electron chi connectivity index (χ0n) is 11.9. The Kier molecular flexibility index (Phi) is 2.26. The number of carbonyl (C=O) groups excluding carboxylic acids is 2. The van der Waals surface area contributed by atoms with Gasteiger partial charge in [-0.1, -0.05) is 12.2 Å². The molecule has 4 nitrogen and oxygen atoms in total. The van der Waals surface area contributed by atoms with Crippen LogP contribution in [0, 0.1) is 35.5 Å². The third-order valence-corrected chi connectivity index (χ3v) is 6.04. The summed E-state index contributed by atoms with van der Waals surface area (Å²) < 4.78 is 6.02. The average Bonchev–Trinajstić information content (AvgIpc) is 3.19. The maximum atomic E-state index is 12.6. The van der Waals surface area contributed by atoms with Crippen LogP contribution in [0.1, 0.15) is 6.42 Å². The van der Waals surface area contributed by atoms with E-state index in [1.807, 2.05) is 12.2 Å². The Hall–Kier alpha value is -2.10. The number of phenols is 1. The molecule has 0 spiro atoms. The monoisotopic (exact) mass is 296 g/mol. The van der Waals surface area contributed by atoms with Gasteiger partial charge in [0, 0.05) is 17.8 Å². The summed E-state index contributed by atoms with van der Waals surface area (Å²) in [6, 6.07) is 6.60. The molecule has 3 fully saturated rings. The van der Waals surface area contributed by atoms with E-state index in [0.29, 0.717) is 17.3 Å². The van der Waals surface area contributed by atoms with Gasteiger partial charge < -0.3 is 9.84 Å². The summed E-state index contributed by atoms with van der Waals surface area (Å²) >= 11 is 0. The summed E-state index contributed by atoms with van der Waals surface area (Å²) in [4.78, 5) is 24.9. The van der Waals surface area contributed by atoms with E-state index in [1.54, 1.807) is 24.3 Å². The van der Waals surface area contributed by atoms with E-state index in [1.165, 1.54) is 0 Å². The van der Waals surface area contributed by atoms with Crippen molar-refractivity contribution in [1.82, 2.24) is 0 Å². The zero-order valence-corrected chi connectivity index (χ0v) is 11.9. The number of hydrogen-bond donors (Lipinski definition) is 1. The van der Waals surface area contributed by atoms with Crippen molar-refractivity contribution in [3.8, 4) is 11.5 Å². The van der Waals surface area contributed by atoms with E-state index < -0.39 is 0 Å². The predicted molar refractivity (Wildman–Crippen MR) is 77.2 cm³/mol. The van der Waals surface area contributed by atoms with Crippen LogP contribution in [0.5, 0.6) is 11.5 Å². The first-order valence-electron chi connectivity index (χ1n) is 7.86. The molecule has 1 aromatic carbocycles. The first kappa shape index (κ1) is 12.4. The molecule has 5 rings (SSSR count). The van der Waals surface area contributed by atoms with Crippen LogP contribution in [0.4, 0.5) is 0 Å².